The van der Waals surface area contributed by atoms with Crippen molar-refractivity contribution >= 4 is 60.5 Å². The standard InChI is InChI=1S/C12H9BrCl2N2O2S/c13-8-5-4-7(6-10(8)16)20(18,19)17-11-3-1-2-9(14)12(11)15/h1-6,17H,16H2. The lowest BCUT2D eigenvalue weighted by atomic mass is 10.3. The molecule has 0 bridgehead atoms. The lowest BCUT2D eigenvalue weighted by Gasteiger charge is -2.11. The molecule has 4 nitrogen and oxygen atoms in total. The van der Waals surface area contributed by atoms with Gasteiger partial charge in [-0.1, -0.05) is 29.3 Å². The maximum absolute atomic E-state index is 12.2. The molecule has 0 radical (unpaired) electrons. The maximum Gasteiger partial charge on any atom is 0.262 e. The van der Waals surface area contributed by atoms with Crippen molar-refractivity contribution in [2.75, 3.05) is 10.5 Å². The first-order valence-corrected chi connectivity index (χ1v) is 8.36. The summed E-state index contributed by atoms with van der Waals surface area (Å²) in [4.78, 5) is 0.0363. The Balaban J connectivity index is 2.41. The van der Waals surface area contributed by atoms with E-state index in [1.54, 1.807) is 18.2 Å². The lowest BCUT2D eigenvalue weighted by molar-refractivity contribution is 0.601. The zero-order valence-electron chi connectivity index (χ0n) is 9.90. The van der Waals surface area contributed by atoms with Crippen LogP contribution in [0.1, 0.15) is 0 Å². The Labute approximate surface area is 135 Å². The quantitative estimate of drug-likeness (QED) is 0.767. The highest BCUT2D eigenvalue weighted by atomic mass is 79.9. The van der Waals surface area contributed by atoms with E-state index in [2.05, 4.69) is 20.7 Å². The van der Waals surface area contributed by atoms with Crippen LogP contribution in [0.4, 0.5) is 11.4 Å². The van der Waals surface area contributed by atoms with Crippen molar-refractivity contribution in [1.29, 1.82) is 0 Å². The summed E-state index contributed by atoms with van der Waals surface area (Å²) in [5.74, 6) is 0. The molecular formula is C12H9BrCl2N2O2S. The second-order valence-corrected chi connectivity index (χ2v) is 7.21. The number of benzene rings is 2. The summed E-state index contributed by atoms with van der Waals surface area (Å²) in [5, 5.41) is 0.407. The number of hydrogen-bond acceptors (Lipinski definition) is 3. The van der Waals surface area contributed by atoms with Gasteiger partial charge in [-0.2, -0.15) is 0 Å². The van der Waals surface area contributed by atoms with E-state index in [1.807, 2.05) is 0 Å². The Morgan fingerprint density at radius 2 is 1.85 bits per heavy atom. The molecule has 0 aliphatic carbocycles. The minimum absolute atomic E-state index is 0.0363. The molecule has 2 aromatic rings. The van der Waals surface area contributed by atoms with Crippen LogP contribution in [0.5, 0.6) is 0 Å². The van der Waals surface area contributed by atoms with Crippen LogP contribution in [0.2, 0.25) is 10.0 Å². The molecule has 0 aliphatic rings. The van der Waals surface area contributed by atoms with E-state index >= 15 is 0 Å². The van der Waals surface area contributed by atoms with E-state index in [4.69, 9.17) is 28.9 Å². The maximum atomic E-state index is 12.2. The molecule has 0 unspecified atom stereocenters. The summed E-state index contributed by atoms with van der Waals surface area (Å²) in [6.45, 7) is 0. The summed E-state index contributed by atoms with van der Waals surface area (Å²) in [7, 11) is -3.79. The Morgan fingerprint density at radius 3 is 2.50 bits per heavy atom. The van der Waals surface area contributed by atoms with Crippen LogP contribution in [0.25, 0.3) is 0 Å². The van der Waals surface area contributed by atoms with Crippen LogP contribution < -0.4 is 10.5 Å². The molecule has 0 atom stereocenters. The van der Waals surface area contributed by atoms with Crippen LogP contribution >= 0.6 is 39.1 Å². The molecule has 0 saturated heterocycles. The Kier molecular flexibility index (Phi) is 4.49. The van der Waals surface area contributed by atoms with Gasteiger partial charge in [0.25, 0.3) is 10.0 Å². The third-order valence-corrected chi connectivity index (χ3v) is 5.38. The molecule has 2 aromatic carbocycles. The molecule has 0 aliphatic heterocycles. The fourth-order valence-corrected chi connectivity index (χ4v) is 3.23. The molecule has 0 spiro atoms. The van der Waals surface area contributed by atoms with Crippen molar-refractivity contribution < 1.29 is 8.42 Å². The zero-order valence-corrected chi connectivity index (χ0v) is 13.8. The van der Waals surface area contributed by atoms with Gasteiger partial charge >= 0.3 is 0 Å². The normalized spacial score (nSPS) is 11.3. The largest absolute Gasteiger partial charge is 0.398 e. The highest BCUT2D eigenvalue weighted by molar-refractivity contribution is 9.10. The third kappa shape index (κ3) is 3.20. The van der Waals surface area contributed by atoms with Crippen molar-refractivity contribution in [3.8, 4) is 0 Å². The molecule has 0 fully saturated rings. The number of sulfonamides is 1. The highest BCUT2D eigenvalue weighted by Gasteiger charge is 2.17. The molecule has 0 saturated carbocycles. The number of nitrogens with two attached hydrogens (primary N) is 1. The Hall–Kier alpha value is -0.950. The minimum atomic E-state index is -3.79. The van der Waals surface area contributed by atoms with Crippen molar-refractivity contribution in [3.05, 3.63) is 50.9 Å². The Bertz CT molecular complexity index is 766. The van der Waals surface area contributed by atoms with E-state index in [0.717, 1.165) is 0 Å². The van der Waals surface area contributed by atoms with Gasteiger partial charge in [0.2, 0.25) is 0 Å². The van der Waals surface area contributed by atoms with E-state index in [-0.39, 0.29) is 20.6 Å². The van der Waals surface area contributed by atoms with Crippen LogP contribution in [0.15, 0.2) is 45.8 Å². The van der Waals surface area contributed by atoms with Gasteiger partial charge in [-0.25, -0.2) is 8.42 Å². The predicted molar refractivity (Wildman–Crippen MR) is 85.8 cm³/mol. The van der Waals surface area contributed by atoms with Gasteiger partial charge in [0.1, 0.15) is 0 Å². The van der Waals surface area contributed by atoms with E-state index in [9.17, 15) is 8.42 Å². The summed E-state index contributed by atoms with van der Waals surface area (Å²) < 4.78 is 27.5. The van der Waals surface area contributed by atoms with Gasteiger partial charge in [-0.3, -0.25) is 4.72 Å². The molecule has 2 rings (SSSR count). The average molecular weight is 396 g/mol. The van der Waals surface area contributed by atoms with E-state index in [0.29, 0.717) is 10.2 Å². The van der Waals surface area contributed by atoms with Crippen LogP contribution in [0, 0.1) is 0 Å². The van der Waals surface area contributed by atoms with Crippen molar-refractivity contribution in [2.45, 2.75) is 4.90 Å². The molecule has 8 heteroatoms. The molecule has 20 heavy (non-hydrogen) atoms. The number of nitrogen functional groups attached to an aromatic ring is 1. The summed E-state index contributed by atoms with van der Waals surface area (Å²) in [6, 6.07) is 9.03. The summed E-state index contributed by atoms with van der Waals surface area (Å²) in [5.41, 5.74) is 6.21. The lowest BCUT2D eigenvalue weighted by Crippen LogP contribution is -2.13. The second kappa shape index (κ2) is 5.81. The van der Waals surface area contributed by atoms with Crippen molar-refractivity contribution in [3.63, 3.8) is 0 Å². The Morgan fingerprint density at radius 1 is 1.15 bits per heavy atom. The smallest absolute Gasteiger partial charge is 0.262 e. The molecule has 0 heterocycles. The number of nitrogens with one attached hydrogen (secondary N) is 1. The van der Waals surface area contributed by atoms with Gasteiger partial charge in [-0.15, -0.1) is 0 Å². The molecule has 0 amide bonds. The van der Waals surface area contributed by atoms with Gasteiger partial charge in [0.05, 0.1) is 20.6 Å². The molecule has 3 N–H and O–H groups in total. The van der Waals surface area contributed by atoms with Crippen molar-refractivity contribution in [1.82, 2.24) is 0 Å². The highest BCUT2D eigenvalue weighted by Crippen LogP contribution is 2.31. The van der Waals surface area contributed by atoms with Crippen LogP contribution in [-0.4, -0.2) is 8.42 Å². The van der Waals surface area contributed by atoms with Gasteiger partial charge in [0.15, 0.2) is 0 Å². The predicted octanol–water partition coefficient (Wildman–Crippen LogP) is 4.14. The minimum Gasteiger partial charge on any atom is -0.398 e. The van der Waals surface area contributed by atoms with Gasteiger partial charge < -0.3 is 5.73 Å². The SMILES string of the molecule is Nc1cc(S(=O)(=O)Nc2cccc(Cl)c2Cl)ccc1Br. The van der Waals surface area contributed by atoms with E-state index in [1.165, 1.54) is 18.2 Å². The molecular weight excluding hydrogens is 387 g/mol. The number of rotatable bonds is 3. The number of hydrogen-bond donors (Lipinski definition) is 2. The number of halogens is 3. The summed E-state index contributed by atoms with van der Waals surface area (Å²) >= 11 is 15.0. The molecule has 106 valence electrons. The third-order valence-electron chi connectivity index (χ3n) is 2.47. The van der Waals surface area contributed by atoms with Crippen LogP contribution in [-0.2, 0) is 10.0 Å². The van der Waals surface area contributed by atoms with Gasteiger partial charge in [-0.05, 0) is 46.3 Å². The first kappa shape index (κ1) is 15.4. The first-order valence-electron chi connectivity index (χ1n) is 5.33. The fourth-order valence-electron chi connectivity index (χ4n) is 1.48. The van der Waals surface area contributed by atoms with Gasteiger partial charge in [0, 0.05) is 10.2 Å². The van der Waals surface area contributed by atoms with Crippen LogP contribution in [0.3, 0.4) is 0 Å². The number of anilines is 2. The first-order chi connectivity index (χ1) is 9.31. The average Bonchev–Trinajstić information content (AvgIpc) is 2.38. The second-order valence-electron chi connectivity index (χ2n) is 3.89. The fraction of sp³-hybridized carbons (Fsp3) is 0. The van der Waals surface area contributed by atoms with Crippen molar-refractivity contribution in [2.24, 2.45) is 0 Å². The zero-order chi connectivity index (χ0) is 14.9. The topological polar surface area (TPSA) is 72.2 Å². The summed E-state index contributed by atoms with van der Waals surface area (Å²) in [6.07, 6.45) is 0. The molecule has 0 aromatic heterocycles. The monoisotopic (exact) mass is 394 g/mol. The van der Waals surface area contributed by atoms with E-state index < -0.39 is 10.0 Å².